The lowest BCUT2D eigenvalue weighted by Gasteiger charge is -2.15. The molecule has 0 spiro atoms. The SMILES string of the molecule is CC(CNC(=O)c1ccccc1F)n1nc(-c2ccco2)ccc1=O. The maximum atomic E-state index is 13.6. The molecule has 2 aromatic heterocycles. The van der Waals surface area contributed by atoms with Gasteiger partial charge in [-0.25, -0.2) is 9.07 Å². The molecule has 6 nitrogen and oxygen atoms in total. The molecule has 1 aromatic carbocycles. The zero-order valence-corrected chi connectivity index (χ0v) is 13.5. The lowest BCUT2D eigenvalue weighted by atomic mass is 10.2. The molecule has 1 unspecified atom stereocenters. The summed E-state index contributed by atoms with van der Waals surface area (Å²) in [6.07, 6.45) is 1.52. The number of hydrogen-bond acceptors (Lipinski definition) is 4. The van der Waals surface area contributed by atoms with Crippen LogP contribution in [0.1, 0.15) is 23.3 Å². The van der Waals surface area contributed by atoms with Crippen LogP contribution < -0.4 is 10.9 Å². The molecule has 0 aliphatic carbocycles. The predicted octanol–water partition coefficient (Wildman–Crippen LogP) is 2.63. The lowest BCUT2D eigenvalue weighted by Crippen LogP contribution is -2.35. The molecule has 0 aliphatic rings. The third kappa shape index (κ3) is 3.65. The van der Waals surface area contributed by atoms with Gasteiger partial charge in [-0.15, -0.1) is 0 Å². The number of nitrogens with one attached hydrogen (secondary N) is 1. The van der Waals surface area contributed by atoms with Crippen molar-refractivity contribution in [2.24, 2.45) is 0 Å². The molecule has 0 saturated carbocycles. The number of halogens is 1. The number of aromatic nitrogens is 2. The highest BCUT2D eigenvalue weighted by molar-refractivity contribution is 5.94. The molecule has 1 atom stereocenters. The number of nitrogens with zero attached hydrogens (tertiary/aromatic N) is 2. The lowest BCUT2D eigenvalue weighted by molar-refractivity contribution is 0.0943. The van der Waals surface area contributed by atoms with E-state index in [1.807, 2.05) is 0 Å². The Morgan fingerprint density at radius 2 is 2.04 bits per heavy atom. The minimum absolute atomic E-state index is 0.0423. The van der Waals surface area contributed by atoms with Crippen LogP contribution in [0.25, 0.3) is 11.5 Å². The minimum Gasteiger partial charge on any atom is -0.463 e. The van der Waals surface area contributed by atoms with Gasteiger partial charge in [0.1, 0.15) is 11.5 Å². The van der Waals surface area contributed by atoms with Gasteiger partial charge in [-0.1, -0.05) is 12.1 Å². The quantitative estimate of drug-likeness (QED) is 0.774. The number of hydrogen-bond donors (Lipinski definition) is 1. The first-order chi connectivity index (χ1) is 12.1. The third-order valence-electron chi connectivity index (χ3n) is 3.69. The van der Waals surface area contributed by atoms with Gasteiger partial charge in [0.15, 0.2) is 5.76 Å². The van der Waals surface area contributed by atoms with Gasteiger partial charge in [-0.3, -0.25) is 9.59 Å². The van der Waals surface area contributed by atoms with Crippen LogP contribution in [0.2, 0.25) is 0 Å². The molecule has 0 radical (unpaired) electrons. The van der Waals surface area contributed by atoms with Gasteiger partial charge in [-0.2, -0.15) is 5.10 Å². The molecule has 128 valence electrons. The molecule has 25 heavy (non-hydrogen) atoms. The molecule has 2 heterocycles. The average molecular weight is 341 g/mol. The van der Waals surface area contributed by atoms with Crippen LogP contribution in [0.4, 0.5) is 4.39 Å². The molecule has 0 saturated heterocycles. The highest BCUT2D eigenvalue weighted by atomic mass is 19.1. The fourth-order valence-corrected chi connectivity index (χ4v) is 2.36. The standard InChI is InChI=1S/C18H16FN3O3/c1-12(11-20-18(24)13-5-2-3-6-14(13)19)22-17(23)9-8-15(21-22)16-7-4-10-25-16/h2-10,12H,11H2,1H3,(H,20,24). The van der Waals surface area contributed by atoms with Gasteiger partial charge in [-0.05, 0) is 37.3 Å². The third-order valence-corrected chi connectivity index (χ3v) is 3.69. The van der Waals surface area contributed by atoms with E-state index in [0.29, 0.717) is 11.5 Å². The van der Waals surface area contributed by atoms with Crippen LogP contribution in [-0.2, 0) is 0 Å². The molecule has 3 rings (SSSR count). The summed E-state index contributed by atoms with van der Waals surface area (Å²) in [5.74, 6) is -0.598. The van der Waals surface area contributed by atoms with E-state index in [9.17, 15) is 14.0 Å². The first kappa shape index (κ1) is 16.6. The maximum absolute atomic E-state index is 13.6. The molecule has 0 fully saturated rings. The van der Waals surface area contributed by atoms with Crippen molar-refractivity contribution < 1.29 is 13.6 Å². The van der Waals surface area contributed by atoms with Crippen LogP contribution >= 0.6 is 0 Å². The molecular weight excluding hydrogens is 325 g/mol. The number of carbonyl (C=O) groups excluding carboxylic acids is 1. The highest BCUT2D eigenvalue weighted by Gasteiger charge is 2.15. The fourth-order valence-electron chi connectivity index (χ4n) is 2.36. The number of carbonyl (C=O) groups is 1. The van der Waals surface area contributed by atoms with Gasteiger partial charge in [0.25, 0.3) is 11.5 Å². The minimum atomic E-state index is -0.595. The summed E-state index contributed by atoms with van der Waals surface area (Å²) in [7, 11) is 0. The maximum Gasteiger partial charge on any atom is 0.267 e. The van der Waals surface area contributed by atoms with E-state index in [0.717, 1.165) is 0 Å². The van der Waals surface area contributed by atoms with E-state index in [1.165, 1.54) is 35.2 Å². The van der Waals surface area contributed by atoms with Crippen LogP contribution in [-0.4, -0.2) is 22.2 Å². The van der Waals surface area contributed by atoms with Crippen molar-refractivity contribution in [1.82, 2.24) is 15.1 Å². The Hall–Kier alpha value is -3.22. The molecular formula is C18H16FN3O3. The normalized spacial score (nSPS) is 11.9. The summed E-state index contributed by atoms with van der Waals surface area (Å²) in [5, 5.41) is 6.89. The smallest absolute Gasteiger partial charge is 0.267 e. The predicted molar refractivity (Wildman–Crippen MR) is 89.6 cm³/mol. The Balaban J connectivity index is 1.74. The van der Waals surface area contributed by atoms with Crippen molar-refractivity contribution in [1.29, 1.82) is 0 Å². The van der Waals surface area contributed by atoms with Gasteiger partial charge < -0.3 is 9.73 Å². The molecule has 1 N–H and O–H groups in total. The summed E-state index contributed by atoms with van der Waals surface area (Å²) in [5.41, 5.74) is 0.166. The summed E-state index contributed by atoms with van der Waals surface area (Å²) < 4.78 is 20.2. The highest BCUT2D eigenvalue weighted by Crippen LogP contribution is 2.16. The first-order valence-electron chi connectivity index (χ1n) is 7.72. The molecule has 3 aromatic rings. The zero-order chi connectivity index (χ0) is 17.8. The zero-order valence-electron chi connectivity index (χ0n) is 13.5. The van der Waals surface area contributed by atoms with Crippen LogP contribution in [0.5, 0.6) is 0 Å². The van der Waals surface area contributed by atoms with Crippen LogP contribution in [0.3, 0.4) is 0 Å². The Morgan fingerprint density at radius 1 is 1.24 bits per heavy atom. The van der Waals surface area contributed by atoms with E-state index >= 15 is 0 Å². The fraction of sp³-hybridized carbons (Fsp3) is 0.167. The van der Waals surface area contributed by atoms with Crippen molar-refractivity contribution >= 4 is 5.91 Å². The number of amides is 1. The average Bonchev–Trinajstić information content (AvgIpc) is 3.15. The molecule has 7 heteroatoms. The monoisotopic (exact) mass is 341 g/mol. The number of furan rings is 1. The van der Waals surface area contributed by atoms with Crippen molar-refractivity contribution in [3.05, 3.63) is 76.5 Å². The molecule has 0 aliphatic heterocycles. The van der Waals surface area contributed by atoms with Crippen molar-refractivity contribution in [3.8, 4) is 11.5 Å². The summed E-state index contributed by atoms with van der Waals surface area (Å²) in [4.78, 5) is 24.1. The van der Waals surface area contributed by atoms with E-state index in [-0.39, 0.29) is 17.7 Å². The van der Waals surface area contributed by atoms with Gasteiger partial charge in [0.2, 0.25) is 0 Å². The second-order valence-electron chi connectivity index (χ2n) is 5.52. The topological polar surface area (TPSA) is 77.1 Å². The largest absolute Gasteiger partial charge is 0.463 e. The van der Waals surface area contributed by atoms with E-state index in [1.54, 1.807) is 31.2 Å². The summed E-state index contributed by atoms with van der Waals surface area (Å²) in [6.45, 7) is 1.86. The number of benzene rings is 1. The van der Waals surface area contributed by atoms with Gasteiger partial charge in [0.05, 0.1) is 17.9 Å². The van der Waals surface area contributed by atoms with Crippen molar-refractivity contribution in [2.75, 3.05) is 6.54 Å². The number of rotatable bonds is 5. The summed E-state index contributed by atoms with van der Waals surface area (Å²) >= 11 is 0. The van der Waals surface area contributed by atoms with Gasteiger partial charge >= 0.3 is 0 Å². The van der Waals surface area contributed by atoms with Gasteiger partial charge in [0, 0.05) is 12.6 Å². The molecule has 0 bridgehead atoms. The first-order valence-corrected chi connectivity index (χ1v) is 7.72. The van der Waals surface area contributed by atoms with Crippen molar-refractivity contribution in [2.45, 2.75) is 13.0 Å². The Bertz CT molecular complexity index is 935. The molecule has 1 amide bonds. The van der Waals surface area contributed by atoms with E-state index in [4.69, 9.17) is 4.42 Å². The van der Waals surface area contributed by atoms with Crippen molar-refractivity contribution in [3.63, 3.8) is 0 Å². The van der Waals surface area contributed by atoms with Crippen LogP contribution in [0, 0.1) is 5.82 Å². The second-order valence-corrected chi connectivity index (χ2v) is 5.52. The van der Waals surface area contributed by atoms with E-state index < -0.39 is 17.8 Å². The van der Waals surface area contributed by atoms with Crippen LogP contribution in [0.15, 0.2) is 64.0 Å². The van der Waals surface area contributed by atoms with E-state index in [2.05, 4.69) is 10.4 Å². The Labute approximate surface area is 142 Å². The Morgan fingerprint density at radius 3 is 2.76 bits per heavy atom. The Kier molecular flexibility index (Phi) is 4.74. The summed E-state index contributed by atoms with van der Waals surface area (Å²) in [6, 6.07) is 11.7. The second kappa shape index (κ2) is 7.12.